The first kappa shape index (κ1) is 16.9. The number of hydrogen-bond donors (Lipinski definition) is 2. The molecule has 0 atom stereocenters. The van der Waals surface area contributed by atoms with Crippen LogP contribution in [0.4, 0.5) is 10.2 Å². The predicted octanol–water partition coefficient (Wildman–Crippen LogP) is 3.75. The number of pyridine rings is 1. The van der Waals surface area contributed by atoms with Crippen LogP contribution in [0.1, 0.15) is 42.1 Å². The van der Waals surface area contributed by atoms with E-state index in [4.69, 9.17) is 0 Å². The van der Waals surface area contributed by atoms with E-state index < -0.39 is 0 Å². The summed E-state index contributed by atoms with van der Waals surface area (Å²) in [6, 6.07) is 9.89. The van der Waals surface area contributed by atoms with E-state index in [9.17, 15) is 9.18 Å². The fraction of sp³-hybridized carbons (Fsp3) is 0.333. The lowest BCUT2D eigenvalue weighted by Gasteiger charge is -2.08. The zero-order valence-electron chi connectivity index (χ0n) is 13.3. The fourth-order valence-corrected chi connectivity index (χ4v) is 2.14. The van der Waals surface area contributed by atoms with E-state index in [2.05, 4.69) is 22.5 Å². The zero-order chi connectivity index (χ0) is 16.5. The number of carbonyl (C=O) groups excluding carboxylic acids is 1. The molecule has 0 aliphatic carbocycles. The lowest BCUT2D eigenvalue weighted by molar-refractivity contribution is 0.0950. The van der Waals surface area contributed by atoms with Crippen LogP contribution in [0.3, 0.4) is 0 Å². The van der Waals surface area contributed by atoms with Crippen molar-refractivity contribution in [2.24, 2.45) is 0 Å². The SMILES string of the molecule is CCCCCNc1ccc(C(=O)NCc2ccccc2F)cn1. The van der Waals surface area contributed by atoms with Gasteiger partial charge in [-0.15, -0.1) is 0 Å². The molecule has 0 aliphatic rings. The molecular formula is C18H22FN3O. The average molecular weight is 315 g/mol. The molecular weight excluding hydrogens is 293 g/mol. The third-order valence-corrected chi connectivity index (χ3v) is 3.51. The summed E-state index contributed by atoms with van der Waals surface area (Å²) in [5.41, 5.74) is 0.920. The van der Waals surface area contributed by atoms with Crippen LogP contribution >= 0.6 is 0 Å². The third-order valence-electron chi connectivity index (χ3n) is 3.51. The predicted molar refractivity (Wildman–Crippen MR) is 89.8 cm³/mol. The number of hydrogen-bond acceptors (Lipinski definition) is 3. The van der Waals surface area contributed by atoms with Gasteiger partial charge in [0.1, 0.15) is 11.6 Å². The fourth-order valence-electron chi connectivity index (χ4n) is 2.14. The van der Waals surface area contributed by atoms with Crippen molar-refractivity contribution < 1.29 is 9.18 Å². The monoisotopic (exact) mass is 315 g/mol. The number of anilines is 1. The highest BCUT2D eigenvalue weighted by molar-refractivity contribution is 5.94. The average Bonchev–Trinajstić information content (AvgIpc) is 2.58. The van der Waals surface area contributed by atoms with Gasteiger partial charge < -0.3 is 10.6 Å². The van der Waals surface area contributed by atoms with Crippen molar-refractivity contribution in [3.05, 3.63) is 59.5 Å². The number of unbranched alkanes of at least 4 members (excludes halogenated alkanes) is 2. The number of nitrogens with one attached hydrogen (secondary N) is 2. The van der Waals surface area contributed by atoms with Gasteiger partial charge in [-0.3, -0.25) is 4.79 Å². The van der Waals surface area contributed by atoms with Gasteiger partial charge in [-0.25, -0.2) is 9.37 Å². The summed E-state index contributed by atoms with van der Waals surface area (Å²) in [4.78, 5) is 16.3. The molecule has 5 heteroatoms. The second-order valence-corrected chi connectivity index (χ2v) is 5.34. The van der Waals surface area contributed by atoms with Crippen LogP contribution < -0.4 is 10.6 Å². The van der Waals surface area contributed by atoms with Crippen LogP contribution in [0.15, 0.2) is 42.6 Å². The van der Waals surface area contributed by atoms with Gasteiger partial charge in [-0.2, -0.15) is 0 Å². The Balaban J connectivity index is 1.84. The highest BCUT2D eigenvalue weighted by Gasteiger charge is 2.07. The number of rotatable bonds is 8. The largest absolute Gasteiger partial charge is 0.370 e. The summed E-state index contributed by atoms with van der Waals surface area (Å²) >= 11 is 0. The number of amides is 1. The Kier molecular flexibility index (Phi) is 6.54. The Labute approximate surface area is 136 Å². The summed E-state index contributed by atoms with van der Waals surface area (Å²) in [5, 5.41) is 5.91. The van der Waals surface area contributed by atoms with Gasteiger partial charge in [0.15, 0.2) is 0 Å². The molecule has 0 saturated heterocycles. The third kappa shape index (κ3) is 5.36. The number of aromatic nitrogens is 1. The molecule has 2 aromatic rings. The molecule has 0 radical (unpaired) electrons. The van der Waals surface area contributed by atoms with Crippen LogP contribution in [-0.4, -0.2) is 17.4 Å². The second kappa shape index (κ2) is 8.88. The Morgan fingerprint density at radius 2 is 2.00 bits per heavy atom. The summed E-state index contributed by atoms with van der Waals surface area (Å²) in [7, 11) is 0. The Bertz CT molecular complexity index is 628. The minimum Gasteiger partial charge on any atom is -0.370 e. The molecule has 0 saturated carbocycles. The quantitative estimate of drug-likeness (QED) is 0.729. The van der Waals surface area contributed by atoms with Crippen molar-refractivity contribution in [3.63, 3.8) is 0 Å². The van der Waals surface area contributed by atoms with Crippen LogP contribution in [0.5, 0.6) is 0 Å². The molecule has 0 bridgehead atoms. The molecule has 0 spiro atoms. The van der Waals surface area contributed by atoms with Gasteiger partial charge in [-0.1, -0.05) is 38.0 Å². The smallest absolute Gasteiger partial charge is 0.253 e. The van der Waals surface area contributed by atoms with E-state index in [0.717, 1.165) is 18.8 Å². The second-order valence-electron chi connectivity index (χ2n) is 5.34. The number of nitrogens with zero attached hydrogens (tertiary/aromatic N) is 1. The highest BCUT2D eigenvalue weighted by atomic mass is 19.1. The molecule has 122 valence electrons. The summed E-state index contributed by atoms with van der Waals surface area (Å²) in [6.07, 6.45) is 4.99. The molecule has 2 N–H and O–H groups in total. The van der Waals surface area contributed by atoms with Gasteiger partial charge in [0.05, 0.1) is 5.56 Å². The van der Waals surface area contributed by atoms with Gasteiger partial charge >= 0.3 is 0 Å². The first-order valence-corrected chi connectivity index (χ1v) is 7.92. The van der Waals surface area contributed by atoms with Crippen molar-refractivity contribution in [1.82, 2.24) is 10.3 Å². The van der Waals surface area contributed by atoms with Crippen molar-refractivity contribution in [3.8, 4) is 0 Å². The van der Waals surface area contributed by atoms with E-state index in [1.807, 2.05) is 0 Å². The lowest BCUT2D eigenvalue weighted by atomic mass is 10.2. The van der Waals surface area contributed by atoms with Crippen LogP contribution in [0, 0.1) is 5.82 Å². The van der Waals surface area contributed by atoms with Crippen molar-refractivity contribution >= 4 is 11.7 Å². The molecule has 0 aliphatic heterocycles. The maximum atomic E-state index is 13.5. The van der Waals surface area contributed by atoms with Gasteiger partial charge in [0, 0.05) is 24.8 Å². The van der Waals surface area contributed by atoms with Gasteiger partial charge in [0.25, 0.3) is 5.91 Å². The van der Waals surface area contributed by atoms with Crippen LogP contribution in [0.25, 0.3) is 0 Å². The minimum atomic E-state index is -0.322. The normalized spacial score (nSPS) is 10.3. The van der Waals surface area contributed by atoms with Crippen LogP contribution in [-0.2, 0) is 6.54 Å². The van der Waals surface area contributed by atoms with Gasteiger partial charge in [-0.05, 0) is 24.6 Å². The van der Waals surface area contributed by atoms with E-state index in [-0.39, 0.29) is 18.3 Å². The van der Waals surface area contributed by atoms with Crippen molar-refractivity contribution in [2.45, 2.75) is 32.7 Å². The molecule has 1 heterocycles. The first-order valence-electron chi connectivity index (χ1n) is 7.92. The molecule has 2 rings (SSSR count). The van der Waals surface area contributed by atoms with Crippen molar-refractivity contribution in [1.29, 1.82) is 0 Å². The van der Waals surface area contributed by atoms with E-state index >= 15 is 0 Å². The van der Waals surface area contributed by atoms with Crippen molar-refractivity contribution in [2.75, 3.05) is 11.9 Å². The van der Waals surface area contributed by atoms with E-state index in [0.29, 0.717) is 11.1 Å². The molecule has 23 heavy (non-hydrogen) atoms. The Morgan fingerprint density at radius 3 is 2.70 bits per heavy atom. The molecule has 4 nitrogen and oxygen atoms in total. The minimum absolute atomic E-state index is 0.155. The number of halogens is 1. The maximum Gasteiger partial charge on any atom is 0.253 e. The van der Waals surface area contributed by atoms with E-state index in [1.165, 1.54) is 25.1 Å². The molecule has 1 aromatic carbocycles. The highest BCUT2D eigenvalue weighted by Crippen LogP contribution is 2.08. The summed E-state index contributed by atoms with van der Waals surface area (Å²) < 4.78 is 13.5. The topological polar surface area (TPSA) is 54.0 Å². The molecule has 0 fully saturated rings. The summed E-state index contributed by atoms with van der Waals surface area (Å²) in [5.74, 6) is 0.169. The zero-order valence-corrected chi connectivity index (χ0v) is 13.3. The standard InChI is InChI=1S/C18H22FN3O/c1-2-3-6-11-20-17-10-9-15(13-21-17)18(23)22-12-14-7-4-5-8-16(14)19/h4-5,7-10,13H,2-3,6,11-12H2,1H3,(H,20,21)(H,22,23). The Morgan fingerprint density at radius 1 is 1.17 bits per heavy atom. The first-order chi connectivity index (χ1) is 11.2. The number of benzene rings is 1. The lowest BCUT2D eigenvalue weighted by Crippen LogP contribution is -2.23. The molecule has 0 unspecified atom stereocenters. The molecule has 1 amide bonds. The molecule has 1 aromatic heterocycles. The summed E-state index contributed by atoms with van der Waals surface area (Å²) in [6.45, 7) is 3.19. The Hall–Kier alpha value is -2.43. The van der Waals surface area contributed by atoms with Crippen LogP contribution in [0.2, 0.25) is 0 Å². The van der Waals surface area contributed by atoms with Gasteiger partial charge in [0.2, 0.25) is 0 Å². The maximum absolute atomic E-state index is 13.5. The van der Waals surface area contributed by atoms with E-state index in [1.54, 1.807) is 30.3 Å². The number of carbonyl (C=O) groups is 1.